The molecule has 5 nitrogen and oxygen atoms in total. The second-order valence-electron chi connectivity index (χ2n) is 9.46. The first-order valence-electron chi connectivity index (χ1n) is 12.4. The van der Waals surface area contributed by atoms with Gasteiger partial charge in [-0.05, 0) is 42.6 Å². The van der Waals surface area contributed by atoms with Gasteiger partial charge in [-0.3, -0.25) is 0 Å². The minimum absolute atomic E-state index is 0.326. The predicted octanol–water partition coefficient (Wildman–Crippen LogP) is 7.14. The fraction of sp³-hybridized carbons (Fsp3) is 0.219. The third-order valence-corrected chi connectivity index (χ3v) is 7.04. The summed E-state index contributed by atoms with van der Waals surface area (Å²) in [6, 6.07) is 24.7. The number of methoxy groups -OCH3 is 2. The highest BCUT2D eigenvalue weighted by Gasteiger charge is 2.38. The van der Waals surface area contributed by atoms with Crippen LogP contribution >= 0.6 is 12.2 Å². The van der Waals surface area contributed by atoms with Crippen LogP contribution < -0.4 is 19.1 Å². The van der Waals surface area contributed by atoms with Crippen molar-refractivity contribution in [1.29, 1.82) is 0 Å². The first-order chi connectivity index (χ1) is 18.4. The van der Waals surface area contributed by atoms with E-state index in [1.807, 2.05) is 44.4 Å². The van der Waals surface area contributed by atoms with Gasteiger partial charge in [0.15, 0.2) is 10.7 Å². The van der Waals surface area contributed by atoms with E-state index in [9.17, 15) is 0 Å². The van der Waals surface area contributed by atoms with E-state index < -0.39 is 5.60 Å². The zero-order chi connectivity index (χ0) is 26.9. The lowest BCUT2D eigenvalue weighted by molar-refractivity contribution is 0.163. The van der Waals surface area contributed by atoms with Crippen LogP contribution in [-0.2, 0) is 16.9 Å². The molecule has 4 aromatic rings. The van der Waals surface area contributed by atoms with Gasteiger partial charge in [0, 0.05) is 65.8 Å². The van der Waals surface area contributed by atoms with Crippen molar-refractivity contribution in [3.8, 4) is 17.2 Å². The minimum Gasteiger partial charge on any atom is -0.497 e. The molecule has 0 aliphatic carbocycles. The highest BCUT2D eigenvalue weighted by Crippen LogP contribution is 2.48. The maximum atomic E-state index is 7.15. The minimum atomic E-state index is -0.845. The standard InChI is InChI=1S/C32H31NO4S/c1-21(38)36-20-22-17-28-29(18-26(34-4)19-30(28)35-5)31-27(22)15-16-32(37-31,23-9-7-6-8-10-23)24-11-13-25(14-12-24)33(2)3/h6-19H,20H2,1-5H3. The largest absolute Gasteiger partial charge is 0.497 e. The van der Waals surface area contributed by atoms with E-state index in [1.54, 1.807) is 21.1 Å². The summed E-state index contributed by atoms with van der Waals surface area (Å²) in [6.07, 6.45) is 4.26. The number of hydrogen-bond donors (Lipinski definition) is 0. The number of hydrogen-bond acceptors (Lipinski definition) is 6. The average molecular weight is 526 g/mol. The Balaban J connectivity index is 1.78. The molecule has 38 heavy (non-hydrogen) atoms. The molecule has 0 amide bonds. The third kappa shape index (κ3) is 4.56. The van der Waals surface area contributed by atoms with Crippen molar-refractivity contribution in [3.05, 3.63) is 101 Å². The highest BCUT2D eigenvalue weighted by molar-refractivity contribution is 7.80. The summed E-state index contributed by atoms with van der Waals surface area (Å²) in [4.78, 5) is 2.09. The summed E-state index contributed by atoms with van der Waals surface area (Å²) in [7, 11) is 7.38. The lowest BCUT2D eigenvalue weighted by Crippen LogP contribution is -2.34. The topological polar surface area (TPSA) is 40.2 Å². The average Bonchev–Trinajstić information content (AvgIpc) is 2.95. The normalized spacial score (nSPS) is 15.9. The van der Waals surface area contributed by atoms with Gasteiger partial charge in [0.1, 0.15) is 23.9 Å². The number of thiocarbonyl (C=S) groups is 1. The Morgan fingerprint density at radius 2 is 1.61 bits per heavy atom. The molecule has 0 bridgehead atoms. The quantitative estimate of drug-likeness (QED) is 0.239. The van der Waals surface area contributed by atoms with Gasteiger partial charge < -0.3 is 23.8 Å². The molecule has 0 saturated carbocycles. The van der Waals surface area contributed by atoms with Crippen molar-refractivity contribution in [2.24, 2.45) is 0 Å². The van der Waals surface area contributed by atoms with E-state index in [2.05, 4.69) is 59.5 Å². The van der Waals surface area contributed by atoms with E-state index >= 15 is 0 Å². The zero-order valence-electron chi connectivity index (χ0n) is 22.3. The van der Waals surface area contributed by atoms with Crippen LogP contribution in [-0.4, -0.2) is 33.4 Å². The molecular weight excluding hydrogens is 494 g/mol. The van der Waals surface area contributed by atoms with Crippen LogP contribution in [0.1, 0.15) is 29.2 Å². The van der Waals surface area contributed by atoms with Crippen LogP contribution in [0.2, 0.25) is 0 Å². The Morgan fingerprint density at radius 1 is 0.895 bits per heavy atom. The summed E-state index contributed by atoms with van der Waals surface area (Å²) in [5.74, 6) is 2.12. The summed E-state index contributed by atoms with van der Waals surface area (Å²) in [6.45, 7) is 2.10. The number of nitrogens with zero attached hydrogens (tertiary/aromatic N) is 1. The van der Waals surface area contributed by atoms with Crippen LogP contribution in [0.5, 0.6) is 17.2 Å². The maximum Gasteiger partial charge on any atom is 0.178 e. The van der Waals surface area contributed by atoms with Gasteiger partial charge in [0.05, 0.1) is 14.2 Å². The van der Waals surface area contributed by atoms with Crippen LogP contribution in [0.25, 0.3) is 16.8 Å². The second-order valence-corrected chi connectivity index (χ2v) is 10.0. The van der Waals surface area contributed by atoms with Crippen LogP contribution in [0.3, 0.4) is 0 Å². The number of benzene rings is 4. The number of anilines is 1. The first kappa shape index (κ1) is 25.6. The monoisotopic (exact) mass is 525 g/mol. The summed E-state index contributed by atoms with van der Waals surface area (Å²) >= 11 is 5.20. The molecule has 4 aromatic carbocycles. The first-order valence-corrected chi connectivity index (χ1v) is 12.8. The molecule has 6 heteroatoms. The van der Waals surface area contributed by atoms with Crippen molar-refractivity contribution in [1.82, 2.24) is 0 Å². The summed E-state index contributed by atoms with van der Waals surface area (Å²) in [5, 5.41) is 2.29. The number of ether oxygens (including phenoxy) is 4. The predicted molar refractivity (Wildman–Crippen MR) is 158 cm³/mol. The third-order valence-electron chi connectivity index (χ3n) is 6.92. The van der Waals surface area contributed by atoms with Crippen molar-refractivity contribution in [3.63, 3.8) is 0 Å². The molecule has 0 aromatic heterocycles. The maximum absolute atomic E-state index is 7.15. The summed E-state index contributed by atoms with van der Waals surface area (Å²) < 4.78 is 24.3. The Hall–Kier alpha value is -4.03. The molecule has 0 N–H and O–H groups in total. The molecule has 194 valence electrons. The molecule has 1 unspecified atom stereocenters. The Kier molecular flexibility index (Phi) is 7.00. The van der Waals surface area contributed by atoms with Crippen LogP contribution in [0.15, 0.2) is 78.9 Å². The lowest BCUT2D eigenvalue weighted by Gasteiger charge is -2.37. The van der Waals surface area contributed by atoms with E-state index in [-0.39, 0.29) is 0 Å². The molecule has 0 fully saturated rings. The van der Waals surface area contributed by atoms with E-state index in [4.69, 9.17) is 31.2 Å². The highest BCUT2D eigenvalue weighted by atomic mass is 32.1. The van der Waals surface area contributed by atoms with Crippen LogP contribution in [0, 0.1) is 0 Å². The molecule has 1 aliphatic heterocycles. The fourth-order valence-corrected chi connectivity index (χ4v) is 4.98. The van der Waals surface area contributed by atoms with Gasteiger partial charge in [-0.15, -0.1) is 0 Å². The smallest absolute Gasteiger partial charge is 0.178 e. The van der Waals surface area contributed by atoms with E-state index in [1.165, 1.54) is 0 Å². The molecule has 0 radical (unpaired) electrons. The van der Waals surface area contributed by atoms with Crippen LogP contribution in [0.4, 0.5) is 5.69 Å². The Labute approximate surface area is 229 Å². The molecule has 1 atom stereocenters. The van der Waals surface area contributed by atoms with Crippen molar-refractivity contribution >= 4 is 39.8 Å². The van der Waals surface area contributed by atoms with Crippen molar-refractivity contribution in [2.75, 3.05) is 33.2 Å². The number of rotatable bonds is 7. The van der Waals surface area contributed by atoms with Gasteiger partial charge in [-0.1, -0.05) is 48.5 Å². The molecule has 1 heterocycles. The molecule has 1 aliphatic rings. The lowest BCUT2D eigenvalue weighted by atomic mass is 9.82. The molecule has 5 rings (SSSR count). The number of fused-ring (bicyclic) bond motifs is 3. The van der Waals surface area contributed by atoms with Gasteiger partial charge in [0.25, 0.3) is 0 Å². The fourth-order valence-electron chi connectivity index (χ4n) is 4.92. The van der Waals surface area contributed by atoms with E-state index in [0.717, 1.165) is 44.5 Å². The van der Waals surface area contributed by atoms with E-state index in [0.29, 0.717) is 23.2 Å². The Bertz CT molecular complexity index is 1510. The summed E-state index contributed by atoms with van der Waals surface area (Å²) in [5.41, 5.74) is 4.23. The molecular formula is C32H31NO4S. The van der Waals surface area contributed by atoms with Gasteiger partial charge >= 0.3 is 0 Å². The van der Waals surface area contributed by atoms with Crippen molar-refractivity contribution in [2.45, 2.75) is 19.1 Å². The zero-order valence-corrected chi connectivity index (χ0v) is 23.1. The van der Waals surface area contributed by atoms with Gasteiger partial charge in [0.2, 0.25) is 0 Å². The van der Waals surface area contributed by atoms with Gasteiger partial charge in [-0.2, -0.15) is 0 Å². The molecule has 0 spiro atoms. The Morgan fingerprint density at radius 3 is 2.24 bits per heavy atom. The van der Waals surface area contributed by atoms with Gasteiger partial charge in [-0.25, -0.2) is 0 Å². The van der Waals surface area contributed by atoms with Crippen molar-refractivity contribution < 1.29 is 18.9 Å². The SMILES string of the molecule is COc1cc(OC)c2cc(COC(C)=S)c3c(c2c1)OC(c1ccccc1)(c1ccc(N(C)C)cc1)C=C3. The molecule has 0 saturated heterocycles. The second kappa shape index (κ2) is 10.4.